The minimum Gasteiger partial charge on any atom is -0.344 e. The summed E-state index contributed by atoms with van der Waals surface area (Å²) in [5.41, 5.74) is 4.71. The molecule has 2 amide bonds. The molecule has 1 aliphatic rings. The number of hydrogen-bond acceptors (Lipinski definition) is 3. The topological polar surface area (TPSA) is 69.3 Å². The maximum atomic E-state index is 13.2. The van der Waals surface area contributed by atoms with Gasteiger partial charge in [-0.25, -0.2) is 0 Å². The summed E-state index contributed by atoms with van der Waals surface area (Å²) in [6.07, 6.45) is 0.579. The van der Waals surface area contributed by atoms with E-state index < -0.39 is 0 Å². The van der Waals surface area contributed by atoms with Crippen molar-refractivity contribution in [3.05, 3.63) is 77.6 Å². The SMILES string of the molecule is CC(C)c1cc(C(=O)N2CCN(C)C(=O)[C@@H](Cc3ccccc3-c3ccccc3)C2)n[nH]1. The number of likely N-dealkylation sites (N-methyl/N-ethyl adjacent to an activating group) is 1. The Hall–Kier alpha value is -3.41. The average molecular weight is 431 g/mol. The van der Waals surface area contributed by atoms with Crippen molar-refractivity contribution in [2.24, 2.45) is 5.92 Å². The summed E-state index contributed by atoms with van der Waals surface area (Å²) in [5.74, 6) is -0.0892. The van der Waals surface area contributed by atoms with Crippen molar-refractivity contribution < 1.29 is 9.59 Å². The van der Waals surface area contributed by atoms with E-state index in [1.54, 1.807) is 9.80 Å². The Balaban J connectivity index is 1.59. The fourth-order valence-electron chi connectivity index (χ4n) is 4.23. The van der Waals surface area contributed by atoms with E-state index >= 15 is 0 Å². The van der Waals surface area contributed by atoms with Crippen LogP contribution < -0.4 is 0 Å². The van der Waals surface area contributed by atoms with Crippen molar-refractivity contribution in [3.63, 3.8) is 0 Å². The summed E-state index contributed by atoms with van der Waals surface area (Å²) in [5, 5.41) is 7.19. The zero-order chi connectivity index (χ0) is 22.7. The summed E-state index contributed by atoms with van der Waals surface area (Å²) in [6, 6.07) is 20.2. The fraction of sp³-hybridized carbons (Fsp3) is 0.346. The molecule has 6 heteroatoms. The molecule has 1 fully saturated rings. The molecule has 0 spiro atoms. The standard InChI is InChI=1S/C26H30N4O2/c1-18(2)23-16-24(28-27-23)26(32)30-14-13-29(3)25(31)21(17-30)15-20-11-7-8-12-22(20)19-9-5-4-6-10-19/h4-12,16,18,21H,13-15,17H2,1-3H3,(H,27,28)/t21-/m0/s1. The molecule has 0 aliphatic carbocycles. The number of aromatic nitrogens is 2. The van der Waals surface area contributed by atoms with Crippen LogP contribution >= 0.6 is 0 Å². The molecular formula is C26H30N4O2. The summed E-state index contributed by atoms with van der Waals surface area (Å²) < 4.78 is 0. The van der Waals surface area contributed by atoms with E-state index in [2.05, 4.69) is 48.3 Å². The highest BCUT2D eigenvalue weighted by Gasteiger charge is 2.32. The summed E-state index contributed by atoms with van der Waals surface area (Å²) in [7, 11) is 1.82. The second-order valence-electron chi connectivity index (χ2n) is 8.80. The number of nitrogens with one attached hydrogen (secondary N) is 1. The van der Waals surface area contributed by atoms with Gasteiger partial charge in [-0.2, -0.15) is 5.10 Å². The summed E-state index contributed by atoms with van der Waals surface area (Å²) >= 11 is 0. The van der Waals surface area contributed by atoms with Crippen LogP contribution in [0.4, 0.5) is 0 Å². The van der Waals surface area contributed by atoms with Gasteiger partial charge >= 0.3 is 0 Å². The Morgan fingerprint density at radius 3 is 2.53 bits per heavy atom. The molecule has 1 aromatic heterocycles. The second kappa shape index (κ2) is 9.39. The summed E-state index contributed by atoms with van der Waals surface area (Å²) in [4.78, 5) is 29.9. The monoisotopic (exact) mass is 430 g/mol. The Bertz CT molecular complexity index is 1090. The number of carbonyl (C=O) groups is 2. The Kier molecular flexibility index (Phi) is 6.40. The van der Waals surface area contributed by atoms with E-state index in [-0.39, 0.29) is 23.7 Å². The van der Waals surface area contributed by atoms with Crippen LogP contribution in [-0.4, -0.2) is 58.5 Å². The van der Waals surface area contributed by atoms with E-state index in [9.17, 15) is 9.59 Å². The van der Waals surface area contributed by atoms with Crippen LogP contribution in [0.15, 0.2) is 60.7 Å². The third kappa shape index (κ3) is 4.59. The lowest BCUT2D eigenvalue weighted by Gasteiger charge is -2.23. The van der Waals surface area contributed by atoms with Crippen molar-refractivity contribution >= 4 is 11.8 Å². The van der Waals surface area contributed by atoms with Crippen LogP contribution in [0, 0.1) is 5.92 Å². The minimum atomic E-state index is -0.306. The van der Waals surface area contributed by atoms with Gasteiger partial charge in [0.1, 0.15) is 5.69 Å². The molecule has 0 unspecified atom stereocenters. The highest BCUT2D eigenvalue weighted by molar-refractivity contribution is 5.93. The number of hydrogen-bond donors (Lipinski definition) is 1. The van der Waals surface area contributed by atoms with Crippen molar-refractivity contribution in [2.75, 3.05) is 26.7 Å². The number of nitrogens with zero attached hydrogens (tertiary/aromatic N) is 3. The molecule has 3 aromatic rings. The maximum Gasteiger partial charge on any atom is 0.274 e. The molecule has 2 heterocycles. The van der Waals surface area contributed by atoms with E-state index in [1.807, 2.05) is 43.4 Å². The van der Waals surface area contributed by atoms with Gasteiger partial charge in [-0.05, 0) is 35.1 Å². The number of aromatic amines is 1. The number of amides is 2. The Labute approximate surface area is 189 Å². The largest absolute Gasteiger partial charge is 0.344 e. The van der Waals surface area contributed by atoms with Crippen LogP contribution in [0.25, 0.3) is 11.1 Å². The lowest BCUT2D eigenvalue weighted by Crippen LogP contribution is -2.37. The lowest BCUT2D eigenvalue weighted by molar-refractivity contribution is -0.133. The van der Waals surface area contributed by atoms with E-state index in [1.165, 1.54) is 0 Å². The third-order valence-electron chi connectivity index (χ3n) is 6.17. The minimum absolute atomic E-state index is 0.0769. The number of carbonyl (C=O) groups excluding carboxylic acids is 2. The zero-order valence-electron chi connectivity index (χ0n) is 18.9. The maximum absolute atomic E-state index is 13.2. The van der Waals surface area contributed by atoms with Crippen LogP contribution in [0.2, 0.25) is 0 Å². The van der Waals surface area contributed by atoms with Crippen LogP contribution in [0.3, 0.4) is 0 Å². The Morgan fingerprint density at radius 1 is 1.09 bits per heavy atom. The molecule has 0 saturated carbocycles. The van der Waals surface area contributed by atoms with Gasteiger partial charge in [0.25, 0.3) is 5.91 Å². The molecular weight excluding hydrogens is 400 g/mol. The third-order valence-corrected chi connectivity index (χ3v) is 6.17. The molecule has 32 heavy (non-hydrogen) atoms. The first kappa shape index (κ1) is 21.8. The van der Waals surface area contributed by atoms with E-state index in [4.69, 9.17) is 0 Å². The molecule has 0 radical (unpaired) electrons. The van der Waals surface area contributed by atoms with E-state index in [0.717, 1.165) is 22.4 Å². The highest BCUT2D eigenvalue weighted by Crippen LogP contribution is 2.27. The van der Waals surface area contributed by atoms with Crippen molar-refractivity contribution in [3.8, 4) is 11.1 Å². The number of benzene rings is 2. The first-order valence-electron chi connectivity index (χ1n) is 11.2. The van der Waals surface area contributed by atoms with Gasteiger partial charge in [0.15, 0.2) is 0 Å². The Morgan fingerprint density at radius 2 is 1.81 bits per heavy atom. The van der Waals surface area contributed by atoms with Crippen molar-refractivity contribution in [1.29, 1.82) is 0 Å². The quantitative estimate of drug-likeness (QED) is 0.666. The summed E-state index contributed by atoms with van der Waals surface area (Å²) in [6.45, 7) is 5.52. The van der Waals surface area contributed by atoms with Gasteiger partial charge in [-0.15, -0.1) is 0 Å². The first-order chi connectivity index (χ1) is 15.4. The number of rotatable bonds is 5. The van der Waals surface area contributed by atoms with Gasteiger partial charge in [0.05, 0.1) is 5.92 Å². The molecule has 6 nitrogen and oxygen atoms in total. The molecule has 4 rings (SSSR count). The molecule has 1 N–H and O–H groups in total. The van der Waals surface area contributed by atoms with Crippen molar-refractivity contribution in [2.45, 2.75) is 26.2 Å². The average Bonchev–Trinajstić information content (AvgIpc) is 3.27. The predicted molar refractivity (Wildman–Crippen MR) is 125 cm³/mol. The smallest absolute Gasteiger partial charge is 0.274 e. The van der Waals surface area contributed by atoms with Crippen LogP contribution in [-0.2, 0) is 11.2 Å². The molecule has 166 valence electrons. The molecule has 1 atom stereocenters. The zero-order valence-corrected chi connectivity index (χ0v) is 18.9. The van der Waals surface area contributed by atoms with Crippen LogP contribution in [0.5, 0.6) is 0 Å². The fourth-order valence-corrected chi connectivity index (χ4v) is 4.23. The predicted octanol–water partition coefficient (Wildman–Crippen LogP) is 3.97. The molecule has 0 bridgehead atoms. The van der Waals surface area contributed by atoms with Crippen LogP contribution in [0.1, 0.15) is 41.5 Å². The molecule has 1 saturated heterocycles. The van der Waals surface area contributed by atoms with Gasteiger partial charge in [-0.3, -0.25) is 14.7 Å². The van der Waals surface area contributed by atoms with Gasteiger partial charge < -0.3 is 9.80 Å². The number of H-pyrrole nitrogens is 1. The normalized spacial score (nSPS) is 17.0. The first-order valence-corrected chi connectivity index (χ1v) is 11.2. The van der Waals surface area contributed by atoms with Gasteiger partial charge in [0.2, 0.25) is 5.91 Å². The highest BCUT2D eigenvalue weighted by atomic mass is 16.2. The van der Waals surface area contributed by atoms with Gasteiger partial charge in [-0.1, -0.05) is 68.4 Å². The molecule has 2 aromatic carbocycles. The second-order valence-corrected chi connectivity index (χ2v) is 8.80. The molecule has 1 aliphatic heterocycles. The van der Waals surface area contributed by atoms with E-state index in [0.29, 0.717) is 31.7 Å². The lowest BCUT2D eigenvalue weighted by atomic mass is 9.91. The van der Waals surface area contributed by atoms with Crippen molar-refractivity contribution in [1.82, 2.24) is 20.0 Å². The van der Waals surface area contributed by atoms with Gasteiger partial charge in [0, 0.05) is 32.4 Å².